The summed E-state index contributed by atoms with van der Waals surface area (Å²) >= 11 is 1.36. The molecule has 0 atom stereocenters. The highest BCUT2D eigenvalue weighted by Gasteiger charge is 2.09. The molecule has 0 aliphatic carbocycles. The van der Waals surface area contributed by atoms with Crippen LogP contribution in [-0.2, 0) is 0 Å². The fourth-order valence-corrected chi connectivity index (χ4v) is 1.58. The molecule has 2 heterocycles. The Morgan fingerprint density at radius 3 is 3.17 bits per heavy atom. The van der Waals surface area contributed by atoms with E-state index >= 15 is 0 Å². The van der Waals surface area contributed by atoms with Gasteiger partial charge in [-0.05, 0) is 11.4 Å². The lowest BCUT2D eigenvalue weighted by Gasteiger charge is -1.86. The zero-order chi connectivity index (χ0) is 8.39. The van der Waals surface area contributed by atoms with E-state index in [4.69, 9.17) is 0 Å². The summed E-state index contributed by atoms with van der Waals surface area (Å²) in [5.74, 6) is 0.457. The second kappa shape index (κ2) is 2.86. The molecule has 5 heteroatoms. The molecule has 0 amide bonds. The average molecular weight is 180 g/mol. The lowest BCUT2D eigenvalue weighted by Crippen LogP contribution is -1.81. The van der Waals surface area contributed by atoms with Gasteiger partial charge in [-0.2, -0.15) is 4.98 Å². The predicted octanol–water partition coefficient (Wildman–Crippen LogP) is 1.61. The number of aromatic nitrogens is 2. The van der Waals surface area contributed by atoms with E-state index in [1.807, 2.05) is 5.38 Å². The monoisotopic (exact) mass is 180 g/mol. The summed E-state index contributed by atoms with van der Waals surface area (Å²) in [6, 6.07) is 1.79. The minimum Gasteiger partial charge on any atom is -0.342 e. The van der Waals surface area contributed by atoms with Crippen LogP contribution in [0, 0.1) is 0 Å². The molecule has 0 radical (unpaired) electrons. The summed E-state index contributed by atoms with van der Waals surface area (Å²) in [4.78, 5) is 15.0. The van der Waals surface area contributed by atoms with Crippen molar-refractivity contribution in [1.82, 2.24) is 10.1 Å². The topological polar surface area (TPSA) is 56.0 Å². The molecular weight excluding hydrogens is 176 g/mol. The predicted molar refractivity (Wildman–Crippen MR) is 43.0 cm³/mol. The third kappa shape index (κ3) is 1.04. The van der Waals surface area contributed by atoms with Crippen molar-refractivity contribution in [1.29, 1.82) is 0 Å². The van der Waals surface area contributed by atoms with Crippen molar-refractivity contribution in [3.63, 3.8) is 0 Å². The molecule has 4 nitrogen and oxygen atoms in total. The van der Waals surface area contributed by atoms with Crippen LogP contribution in [0.5, 0.6) is 0 Å². The largest absolute Gasteiger partial charge is 0.342 e. The summed E-state index contributed by atoms with van der Waals surface area (Å²) in [6.07, 6.45) is 2.03. The Hall–Kier alpha value is -1.49. The van der Waals surface area contributed by atoms with Crippen LogP contribution >= 0.6 is 11.3 Å². The fourth-order valence-electron chi connectivity index (χ4n) is 0.886. The summed E-state index contributed by atoms with van der Waals surface area (Å²) in [6.45, 7) is 0. The normalized spacial score (nSPS) is 10.0. The lowest BCUT2D eigenvalue weighted by molar-refractivity contribution is 0.112. The SMILES string of the molecule is O=Cc1sccc1-c1ncon1. The van der Waals surface area contributed by atoms with Gasteiger partial charge in [-0.1, -0.05) is 5.16 Å². The Morgan fingerprint density at radius 1 is 1.58 bits per heavy atom. The first-order valence-electron chi connectivity index (χ1n) is 3.21. The maximum Gasteiger partial charge on any atom is 0.214 e. The van der Waals surface area contributed by atoms with Gasteiger partial charge < -0.3 is 4.52 Å². The average Bonchev–Trinajstić information content (AvgIpc) is 2.74. The fraction of sp³-hybridized carbons (Fsp3) is 0. The first-order valence-corrected chi connectivity index (χ1v) is 4.09. The van der Waals surface area contributed by atoms with Crippen LogP contribution in [0.1, 0.15) is 9.67 Å². The molecule has 0 aliphatic heterocycles. The van der Waals surface area contributed by atoms with Crippen LogP contribution in [0.25, 0.3) is 11.4 Å². The molecule has 0 N–H and O–H groups in total. The number of carbonyl (C=O) groups excluding carboxylic acids is 1. The second-order valence-corrected chi connectivity index (χ2v) is 3.02. The van der Waals surface area contributed by atoms with Crippen molar-refractivity contribution in [2.45, 2.75) is 0 Å². The number of hydrogen-bond acceptors (Lipinski definition) is 5. The molecular formula is C7H4N2O2S. The Balaban J connectivity index is 2.53. The molecule has 0 saturated carbocycles. The molecule has 12 heavy (non-hydrogen) atoms. The van der Waals surface area contributed by atoms with Crippen molar-refractivity contribution in [2.75, 3.05) is 0 Å². The molecule has 2 aromatic rings. The zero-order valence-electron chi connectivity index (χ0n) is 5.93. The number of rotatable bonds is 2. The van der Waals surface area contributed by atoms with Crippen molar-refractivity contribution in [2.24, 2.45) is 0 Å². The molecule has 0 saturated heterocycles. The van der Waals surface area contributed by atoms with Crippen LogP contribution in [-0.4, -0.2) is 16.4 Å². The van der Waals surface area contributed by atoms with Crippen molar-refractivity contribution >= 4 is 17.6 Å². The van der Waals surface area contributed by atoms with Crippen molar-refractivity contribution in [3.8, 4) is 11.4 Å². The van der Waals surface area contributed by atoms with Gasteiger partial charge in [-0.25, -0.2) is 0 Å². The number of nitrogens with zero attached hydrogens (tertiary/aromatic N) is 2. The van der Waals surface area contributed by atoms with Gasteiger partial charge in [-0.15, -0.1) is 11.3 Å². The standard InChI is InChI=1S/C7H4N2O2S/c10-3-6-5(1-2-12-6)7-8-4-11-9-7/h1-4H. The Kier molecular flexibility index (Phi) is 1.71. The van der Waals surface area contributed by atoms with Gasteiger partial charge in [0.05, 0.1) is 4.88 Å². The van der Waals surface area contributed by atoms with E-state index in [1.165, 1.54) is 17.7 Å². The third-order valence-electron chi connectivity index (χ3n) is 1.40. The van der Waals surface area contributed by atoms with Gasteiger partial charge in [0.25, 0.3) is 0 Å². The van der Waals surface area contributed by atoms with E-state index in [2.05, 4.69) is 14.7 Å². The smallest absolute Gasteiger partial charge is 0.214 e. The molecule has 2 aromatic heterocycles. The van der Waals surface area contributed by atoms with Gasteiger partial charge in [0.2, 0.25) is 12.2 Å². The van der Waals surface area contributed by atoms with Crippen LogP contribution in [0.15, 0.2) is 22.4 Å². The second-order valence-electron chi connectivity index (χ2n) is 2.07. The van der Waals surface area contributed by atoms with Crippen LogP contribution in [0.2, 0.25) is 0 Å². The van der Waals surface area contributed by atoms with Crippen LogP contribution in [0.3, 0.4) is 0 Å². The Bertz CT molecular complexity index is 380. The molecule has 60 valence electrons. The zero-order valence-corrected chi connectivity index (χ0v) is 6.75. The van der Waals surface area contributed by atoms with E-state index < -0.39 is 0 Å². The van der Waals surface area contributed by atoms with Gasteiger partial charge in [0.1, 0.15) is 0 Å². The molecule has 0 aliphatic rings. The van der Waals surface area contributed by atoms with Gasteiger partial charge in [0.15, 0.2) is 6.29 Å². The van der Waals surface area contributed by atoms with E-state index in [1.54, 1.807) is 6.07 Å². The molecule has 0 bridgehead atoms. The number of carbonyl (C=O) groups is 1. The molecule has 0 unspecified atom stereocenters. The molecule has 0 fully saturated rings. The minimum absolute atomic E-state index is 0.457. The molecule has 0 aromatic carbocycles. The first-order chi connectivity index (χ1) is 5.92. The maximum atomic E-state index is 10.5. The Morgan fingerprint density at radius 2 is 2.50 bits per heavy atom. The summed E-state index contributed by atoms with van der Waals surface area (Å²) in [7, 11) is 0. The van der Waals surface area contributed by atoms with Crippen LogP contribution in [0.4, 0.5) is 0 Å². The highest BCUT2D eigenvalue weighted by atomic mass is 32.1. The first kappa shape index (κ1) is 7.17. The van der Waals surface area contributed by atoms with Crippen molar-refractivity contribution in [3.05, 3.63) is 22.7 Å². The van der Waals surface area contributed by atoms with Crippen LogP contribution < -0.4 is 0 Å². The molecule has 2 rings (SSSR count). The van der Waals surface area contributed by atoms with Gasteiger partial charge in [-0.3, -0.25) is 4.79 Å². The number of aldehydes is 1. The Labute approximate surface area is 71.8 Å². The van der Waals surface area contributed by atoms with E-state index in [0.717, 1.165) is 11.8 Å². The summed E-state index contributed by atoms with van der Waals surface area (Å²) in [5, 5.41) is 5.44. The van der Waals surface area contributed by atoms with E-state index in [9.17, 15) is 4.79 Å². The number of thiophene rings is 1. The van der Waals surface area contributed by atoms with Crippen molar-refractivity contribution < 1.29 is 9.32 Å². The molecule has 0 spiro atoms. The maximum absolute atomic E-state index is 10.5. The van der Waals surface area contributed by atoms with Gasteiger partial charge in [0, 0.05) is 5.56 Å². The third-order valence-corrected chi connectivity index (χ3v) is 2.25. The summed E-state index contributed by atoms with van der Waals surface area (Å²) in [5.41, 5.74) is 0.726. The quantitative estimate of drug-likeness (QED) is 0.659. The van der Waals surface area contributed by atoms with E-state index in [0.29, 0.717) is 10.7 Å². The minimum atomic E-state index is 0.457. The van der Waals surface area contributed by atoms with E-state index in [-0.39, 0.29) is 0 Å². The highest BCUT2D eigenvalue weighted by Crippen LogP contribution is 2.23. The summed E-state index contributed by atoms with van der Waals surface area (Å²) < 4.78 is 4.57. The number of hydrogen-bond donors (Lipinski definition) is 0. The van der Waals surface area contributed by atoms with Gasteiger partial charge >= 0.3 is 0 Å². The lowest BCUT2D eigenvalue weighted by atomic mass is 10.2. The highest BCUT2D eigenvalue weighted by molar-refractivity contribution is 7.12.